The van der Waals surface area contributed by atoms with E-state index < -0.39 is 0 Å². The van der Waals surface area contributed by atoms with E-state index in [0.29, 0.717) is 11.6 Å². The highest BCUT2D eigenvalue weighted by Gasteiger charge is 2.04. The summed E-state index contributed by atoms with van der Waals surface area (Å²) in [4.78, 5) is 17.7. The number of anilines is 1. The van der Waals surface area contributed by atoms with Crippen molar-refractivity contribution in [3.63, 3.8) is 0 Å². The van der Waals surface area contributed by atoms with Crippen LogP contribution in [0, 0.1) is 12.3 Å². The van der Waals surface area contributed by atoms with E-state index in [-0.39, 0.29) is 12.5 Å². The summed E-state index contributed by atoms with van der Waals surface area (Å²) in [5.41, 5.74) is 1.40. The molecule has 0 aliphatic rings. The van der Waals surface area contributed by atoms with E-state index in [1.807, 2.05) is 25.1 Å². The molecule has 1 amide bonds. The molecule has 0 atom stereocenters. The summed E-state index contributed by atoms with van der Waals surface area (Å²) in [6, 6.07) is 11.3. The van der Waals surface area contributed by atoms with Gasteiger partial charge in [-0.2, -0.15) is 0 Å². The summed E-state index contributed by atoms with van der Waals surface area (Å²) in [5.74, 6) is 2.99. The molecule has 1 heterocycles. The lowest BCUT2D eigenvalue weighted by atomic mass is 10.2. The van der Waals surface area contributed by atoms with Crippen LogP contribution in [0.25, 0.3) is 0 Å². The van der Waals surface area contributed by atoms with Gasteiger partial charge in [-0.05, 0) is 43.0 Å². The van der Waals surface area contributed by atoms with E-state index in [1.165, 1.54) is 4.88 Å². The zero-order valence-corrected chi connectivity index (χ0v) is 15.0. The molecule has 130 valence electrons. The molecule has 5 nitrogen and oxygen atoms in total. The average Bonchev–Trinajstić information content (AvgIpc) is 3.13. The van der Waals surface area contributed by atoms with Crippen LogP contribution in [0.2, 0.25) is 0 Å². The lowest BCUT2D eigenvalue weighted by molar-refractivity contribution is -0.114. The lowest BCUT2D eigenvalue weighted by Crippen LogP contribution is -2.39. The Kier molecular flexibility index (Phi) is 7.54. The average molecular weight is 354 g/mol. The molecule has 2 aromatic rings. The summed E-state index contributed by atoms with van der Waals surface area (Å²) >= 11 is 1.73. The predicted octanol–water partition coefficient (Wildman–Crippen LogP) is 2.47. The molecule has 6 heteroatoms. The highest BCUT2D eigenvalue weighted by molar-refractivity contribution is 7.09. The minimum absolute atomic E-state index is 0.0363. The summed E-state index contributed by atoms with van der Waals surface area (Å²) in [6.07, 6.45) is 6.29. The fourth-order valence-electron chi connectivity index (χ4n) is 2.14. The number of nitrogens with one attached hydrogen (secondary N) is 3. The molecule has 0 saturated heterocycles. The van der Waals surface area contributed by atoms with Crippen LogP contribution in [-0.4, -0.2) is 31.5 Å². The molecular formula is C19H22N4OS. The van der Waals surface area contributed by atoms with Crippen molar-refractivity contribution in [1.29, 1.82) is 0 Å². The first kappa shape index (κ1) is 18.6. The number of carbonyl (C=O) groups excluding carboxylic acids is 1. The number of aliphatic imine (C=N–C) groups is 1. The standard InChI is InChI=1S/C19H22N4OS/c1-3-15-7-5-8-16(13-15)23-18(24)14-22-19(20-4-2)21-11-10-17-9-6-12-25-17/h1,5-9,12-13H,4,10-11,14H2,2H3,(H,23,24)(H2,20,21,22). The lowest BCUT2D eigenvalue weighted by Gasteiger charge is -2.11. The number of guanidine groups is 1. The fourth-order valence-corrected chi connectivity index (χ4v) is 2.85. The number of hydrogen-bond acceptors (Lipinski definition) is 3. The Morgan fingerprint density at radius 1 is 1.28 bits per heavy atom. The maximum atomic E-state index is 12.1. The quantitative estimate of drug-likeness (QED) is 0.407. The van der Waals surface area contributed by atoms with E-state index in [0.717, 1.165) is 25.1 Å². The van der Waals surface area contributed by atoms with Gasteiger partial charge in [0.2, 0.25) is 5.91 Å². The van der Waals surface area contributed by atoms with E-state index >= 15 is 0 Å². The monoisotopic (exact) mass is 354 g/mol. The normalized spacial score (nSPS) is 10.8. The minimum atomic E-state index is -0.190. The van der Waals surface area contributed by atoms with Crippen molar-refractivity contribution in [2.45, 2.75) is 13.3 Å². The molecule has 0 bridgehead atoms. The third-order valence-electron chi connectivity index (χ3n) is 3.28. The summed E-state index contributed by atoms with van der Waals surface area (Å²) in [7, 11) is 0. The van der Waals surface area contributed by atoms with Gasteiger partial charge in [0.15, 0.2) is 5.96 Å². The third kappa shape index (κ3) is 6.69. The third-order valence-corrected chi connectivity index (χ3v) is 4.22. The molecule has 0 aliphatic heterocycles. The van der Waals surface area contributed by atoms with Crippen molar-refractivity contribution in [1.82, 2.24) is 10.6 Å². The maximum Gasteiger partial charge on any atom is 0.246 e. The molecule has 3 N–H and O–H groups in total. The van der Waals surface area contributed by atoms with E-state index in [4.69, 9.17) is 6.42 Å². The Labute approximate surface area is 152 Å². The van der Waals surface area contributed by atoms with Crippen LogP contribution in [-0.2, 0) is 11.2 Å². The molecular weight excluding hydrogens is 332 g/mol. The summed E-state index contributed by atoms with van der Waals surface area (Å²) in [5, 5.41) is 11.2. The number of nitrogens with zero attached hydrogens (tertiary/aromatic N) is 1. The van der Waals surface area contributed by atoms with Gasteiger partial charge in [-0.1, -0.05) is 18.1 Å². The van der Waals surface area contributed by atoms with Crippen LogP contribution < -0.4 is 16.0 Å². The largest absolute Gasteiger partial charge is 0.357 e. The summed E-state index contributed by atoms with van der Waals surface area (Å²) < 4.78 is 0. The SMILES string of the molecule is C#Cc1cccc(NC(=O)CN=C(NCC)NCCc2cccs2)c1. The second-order valence-corrected chi connectivity index (χ2v) is 6.26. The van der Waals surface area contributed by atoms with Gasteiger partial charge in [0.25, 0.3) is 0 Å². The second-order valence-electron chi connectivity index (χ2n) is 5.22. The zero-order valence-electron chi connectivity index (χ0n) is 14.2. The molecule has 0 aliphatic carbocycles. The van der Waals surface area contributed by atoms with Crippen LogP contribution in [0.1, 0.15) is 17.4 Å². The number of rotatable bonds is 7. The second kappa shape index (κ2) is 10.2. The van der Waals surface area contributed by atoms with E-state index in [2.05, 4.69) is 38.3 Å². The van der Waals surface area contributed by atoms with Crippen LogP contribution >= 0.6 is 11.3 Å². The van der Waals surface area contributed by atoms with Crippen molar-refractivity contribution in [2.24, 2.45) is 4.99 Å². The maximum absolute atomic E-state index is 12.1. The number of thiophene rings is 1. The van der Waals surface area contributed by atoms with Gasteiger partial charge in [-0.15, -0.1) is 17.8 Å². The number of amides is 1. The fraction of sp³-hybridized carbons (Fsp3) is 0.263. The van der Waals surface area contributed by atoms with Crippen LogP contribution in [0.4, 0.5) is 5.69 Å². The van der Waals surface area contributed by atoms with Crippen molar-refractivity contribution in [2.75, 3.05) is 25.0 Å². The Morgan fingerprint density at radius 3 is 2.88 bits per heavy atom. The highest BCUT2D eigenvalue weighted by Crippen LogP contribution is 2.09. The predicted molar refractivity (Wildman–Crippen MR) is 105 cm³/mol. The van der Waals surface area contributed by atoms with Gasteiger partial charge in [0.1, 0.15) is 6.54 Å². The van der Waals surface area contributed by atoms with Crippen LogP contribution in [0.5, 0.6) is 0 Å². The Bertz CT molecular complexity index is 747. The minimum Gasteiger partial charge on any atom is -0.357 e. The summed E-state index contributed by atoms with van der Waals surface area (Å²) in [6.45, 7) is 3.52. The molecule has 25 heavy (non-hydrogen) atoms. The first-order valence-corrected chi connectivity index (χ1v) is 9.00. The Balaban J connectivity index is 1.84. The molecule has 0 saturated carbocycles. The Morgan fingerprint density at radius 2 is 2.16 bits per heavy atom. The van der Waals surface area contributed by atoms with Crippen LogP contribution in [0.15, 0.2) is 46.8 Å². The van der Waals surface area contributed by atoms with Gasteiger partial charge in [-0.25, -0.2) is 4.99 Å². The van der Waals surface area contributed by atoms with Crippen LogP contribution in [0.3, 0.4) is 0 Å². The van der Waals surface area contributed by atoms with Gasteiger partial charge in [-0.3, -0.25) is 4.79 Å². The number of terminal acetylenes is 1. The molecule has 0 fully saturated rings. The van der Waals surface area contributed by atoms with Crippen molar-refractivity contribution in [3.05, 3.63) is 52.2 Å². The van der Waals surface area contributed by atoms with Gasteiger partial charge < -0.3 is 16.0 Å². The van der Waals surface area contributed by atoms with Crippen molar-refractivity contribution in [3.8, 4) is 12.3 Å². The van der Waals surface area contributed by atoms with Crippen molar-refractivity contribution < 1.29 is 4.79 Å². The molecule has 0 spiro atoms. The number of hydrogen-bond donors (Lipinski definition) is 3. The number of benzene rings is 1. The van der Waals surface area contributed by atoms with E-state index in [9.17, 15) is 4.79 Å². The molecule has 1 aromatic heterocycles. The van der Waals surface area contributed by atoms with E-state index in [1.54, 1.807) is 23.5 Å². The first-order chi connectivity index (χ1) is 12.2. The molecule has 2 rings (SSSR count). The first-order valence-electron chi connectivity index (χ1n) is 8.12. The zero-order chi connectivity index (χ0) is 17.9. The smallest absolute Gasteiger partial charge is 0.246 e. The van der Waals surface area contributed by atoms with Gasteiger partial charge >= 0.3 is 0 Å². The van der Waals surface area contributed by atoms with Gasteiger partial charge in [0.05, 0.1) is 0 Å². The molecule has 1 aromatic carbocycles. The van der Waals surface area contributed by atoms with Gasteiger partial charge in [0, 0.05) is 29.2 Å². The topological polar surface area (TPSA) is 65.5 Å². The van der Waals surface area contributed by atoms with Crippen molar-refractivity contribution >= 4 is 28.9 Å². The highest BCUT2D eigenvalue weighted by atomic mass is 32.1. The molecule has 0 radical (unpaired) electrons. The Hall–Kier alpha value is -2.78. The molecule has 0 unspecified atom stereocenters. The number of carbonyl (C=O) groups is 1.